The largest absolute Gasteiger partial charge is 0.381 e. The summed E-state index contributed by atoms with van der Waals surface area (Å²) >= 11 is 0. The summed E-state index contributed by atoms with van der Waals surface area (Å²) in [7, 11) is 0. The van der Waals surface area contributed by atoms with Gasteiger partial charge in [-0.3, -0.25) is 14.6 Å². The maximum atomic E-state index is 13.1. The Labute approximate surface area is 212 Å². The van der Waals surface area contributed by atoms with Gasteiger partial charge in [-0.05, 0) is 53.1 Å². The number of fused-ring (bicyclic) bond motifs is 1. The molecule has 0 fully saturated rings. The normalized spacial score (nSPS) is 12.6. The van der Waals surface area contributed by atoms with Crippen molar-refractivity contribution in [2.45, 2.75) is 12.1 Å². The van der Waals surface area contributed by atoms with Crippen molar-refractivity contribution in [1.82, 2.24) is 20.3 Å². The number of imidazole rings is 1. The number of benzene rings is 3. The number of rotatable bonds is 7. The molecule has 5 aromatic rings. The van der Waals surface area contributed by atoms with E-state index in [-0.39, 0.29) is 5.95 Å². The second-order valence-corrected chi connectivity index (χ2v) is 8.47. The van der Waals surface area contributed by atoms with Crippen molar-refractivity contribution in [3.05, 3.63) is 108 Å². The minimum atomic E-state index is -1.57. The van der Waals surface area contributed by atoms with Gasteiger partial charge in [0.1, 0.15) is 0 Å². The Balaban J connectivity index is 1.34. The summed E-state index contributed by atoms with van der Waals surface area (Å²) in [6.45, 7) is 0. The molecule has 0 spiro atoms. The second kappa shape index (κ2) is 10.3. The van der Waals surface area contributed by atoms with Crippen LogP contribution in [0.3, 0.4) is 0 Å². The van der Waals surface area contributed by atoms with Crippen molar-refractivity contribution in [3.63, 3.8) is 0 Å². The van der Waals surface area contributed by atoms with Gasteiger partial charge in [0.25, 0.3) is 11.8 Å². The standard InChI is InChI=1S/C28H24N6O3/c29-28-32-22-13-12-21(15-23(22)33-28)31-27(37)25(35)24(18-5-2-1-3-6-18)34-26(36)19-10-8-17(9-11-19)20-7-4-14-30-16-20/h1-16,24-25,35H,(H,31,37)(H,34,36)(H3,29,32,33). The molecule has 9 nitrogen and oxygen atoms in total. The first-order chi connectivity index (χ1) is 18.0. The van der Waals surface area contributed by atoms with Crippen LogP contribution in [-0.4, -0.2) is 38.0 Å². The van der Waals surface area contributed by atoms with Gasteiger partial charge < -0.3 is 26.5 Å². The highest BCUT2D eigenvalue weighted by atomic mass is 16.3. The SMILES string of the molecule is Nc1nc2ccc(NC(=O)C(O)C(NC(=O)c3ccc(-c4cccnc4)cc3)c3ccccc3)cc2[nH]1. The van der Waals surface area contributed by atoms with Gasteiger partial charge in [-0.15, -0.1) is 0 Å². The lowest BCUT2D eigenvalue weighted by Gasteiger charge is -2.24. The number of aliphatic hydroxyl groups is 1. The number of nitrogen functional groups attached to an aromatic ring is 1. The molecular weight excluding hydrogens is 468 g/mol. The fourth-order valence-electron chi connectivity index (χ4n) is 4.05. The number of anilines is 2. The van der Waals surface area contributed by atoms with E-state index in [0.717, 1.165) is 11.1 Å². The highest BCUT2D eigenvalue weighted by Gasteiger charge is 2.29. The molecule has 0 saturated heterocycles. The van der Waals surface area contributed by atoms with Crippen molar-refractivity contribution in [1.29, 1.82) is 0 Å². The monoisotopic (exact) mass is 492 g/mol. The van der Waals surface area contributed by atoms with Gasteiger partial charge in [0.05, 0.1) is 17.1 Å². The van der Waals surface area contributed by atoms with Crippen LogP contribution < -0.4 is 16.4 Å². The van der Waals surface area contributed by atoms with Crippen LogP contribution >= 0.6 is 0 Å². The Hall–Kier alpha value is -5.02. The van der Waals surface area contributed by atoms with E-state index in [1.54, 1.807) is 67.0 Å². The number of carbonyl (C=O) groups excluding carboxylic acids is 2. The van der Waals surface area contributed by atoms with Gasteiger partial charge in [0.15, 0.2) is 12.1 Å². The Morgan fingerprint density at radius 3 is 2.43 bits per heavy atom. The first-order valence-electron chi connectivity index (χ1n) is 11.6. The zero-order chi connectivity index (χ0) is 25.8. The number of H-pyrrole nitrogens is 1. The third kappa shape index (κ3) is 5.31. The summed E-state index contributed by atoms with van der Waals surface area (Å²) in [5.41, 5.74) is 10.3. The van der Waals surface area contributed by atoms with E-state index in [0.29, 0.717) is 27.8 Å². The van der Waals surface area contributed by atoms with Crippen LogP contribution in [0.25, 0.3) is 22.2 Å². The van der Waals surface area contributed by atoms with Crippen molar-refractivity contribution < 1.29 is 14.7 Å². The smallest absolute Gasteiger partial charge is 0.255 e. The molecule has 0 aliphatic carbocycles. The molecule has 2 unspecified atom stereocenters. The van der Waals surface area contributed by atoms with Crippen LogP contribution in [0.1, 0.15) is 22.0 Å². The van der Waals surface area contributed by atoms with Crippen LogP contribution in [0.2, 0.25) is 0 Å². The molecule has 2 aromatic heterocycles. The van der Waals surface area contributed by atoms with Crippen molar-refractivity contribution >= 4 is 34.5 Å². The summed E-state index contributed by atoms with van der Waals surface area (Å²) in [5.74, 6) is -0.834. The lowest BCUT2D eigenvalue weighted by Crippen LogP contribution is -2.42. The topological polar surface area (TPSA) is 146 Å². The highest BCUT2D eigenvalue weighted by Crippen LogP contribution is 2.23. The predicted molar refractivity (Wildman–Crippen MR) is 141 cm³/mol. The molecule has 37 heavy (non-hydrogen) atoms. The van der Waals surface area contributed by atoms with E-state index in [1.807, 2.05) is 30.3 Å². The number of nitrogens with zero attached hydrogens (tertiary/aromatic N) is 2. The molecule has 2 amide bonds. The molecule has 9 heteroatoms. The maximum absolute atomic E-state index is 13.1. The van der Waals surface area contributed by atoms with Gasteiger partial charge in [-0.2, -0.15) is 0 Å². The average molecular weight is 493 g/mol. The maximum Gasteiger partial charge on any atom is 0.255 e. The molecule has 5 rings (SSSR count). The van der Waals surface area contributed by atoms with E-state index < -0.39 is 24.0 Å². The predicted octanol–water partition coefficient (Wildman–Crippen LogP) is 3.68. The lowest BCUT2D eigenvalue weighted by atomic mass is 9.99. The Morgan fingerprint density at radius 1 is 0.919 bits per heavy atom. The molecule has 3 aromatic carbocycles. The van der Waals surface area contributed by atoms with E-state index in [1.165, 1.54) is 0 Å². The van der Waals surface area contributed by atoms with Gasteiger partial charge in [-0.25, -0.2) is 4.98 Å². The number of pyridine rings is 1. The highest BCUT2D eigenvalue weighted by molar-refractivity contribution is 5.98. The van der Waals surface area contributed by atoms with Gasteiger partial charge >= 0.3 is 0 Å². The van der Waals surface area contributed by atoms with Crippen molar-refractivity contribution in [3.8, 4) is 11.1 Å². The molecule has 0 aliphatic rings. The number of aliphatic hydroxyl groups excluding tert-OH is 1. The van der Waals surface area contributed by atoms with Gasteiger partial charge in [0, 0.05) is 23.6 Å². The zero-order valence-corrected chi connectivity index (χ0v) is 19.6. The number of amides is 2. The first-order valence-corrected chi connectivity index (χ1v) is 11.6. The van der Waals surface area contributed by atoms with E-state index >= 15 is 0 Å². The van der Waals surface area contributed by atoms with E-state index in [2.05, 4.69) is 25.6 Å². The van der Waals surface area contributed by atoms with Crippen LogP contribution in [0.4, 0.5) is 11.6 Å². The molecule has 0 bridgehead atoms. The number of nitrogens with one attached hydrogen (secondary N) is 3. The fraction of sp³-hybridized carbons (Fsp3) is 0.0714. The number of hydrogen-bond acceptors (Lipinski definition) is 6. The van der Waals surface area contributed by atoms with Crippen LogP contribution in [0, 0.1) is 0 Å². The molecule has 0 saturated carbocycles. The quantitative estimate of drug-likeness (QED) is 0.234. The Kier molecular flexibility index (Phi) is 6.60. The Morgan fingerprint density at radius 2 is 1.70 bits per heavy atom. The average Bonchev–Trinajstić information content (AvgIpc) is 3.31. The Bertz CT molecular complexity index is 1540. The third-order valence-corrected chi connectivity index (χ3v) is 5.94. The number of aromatic amines is 1. The number of carbonyl (C=O) groups is 2. The summed E-state index contributed by atoms with van der Waals surface area (Å²) in [5, 5.41) is 16.5. The van der Waals surface area contributed by atoms with Crippen molar-refractivity contribution in [2.75, 3.05) is 11.1 Å². The molecule has 0 radical (unpaired) electrons. The summed E-state index contributed by atoms with van der Waals surface area (Å²) in [6, 6.07) is 23.7. The number of aromatic nitrogens is 3. The number of hydrogen-bond donors (Lipinski definition) is 5. The molecule has 6 N–H and O–H groups in total. The first kappa shape index (κ1) is 23.7. The fourth-order valence-corrected chi connectivity index (χ4v) is 4.05. The van der Waals surface area contributed by atoms with Gasteiger partial charge in [0.2, 0.25) is 0 Å². The van der Waals surface area contributed by atoms with Crippen molar-refractivity contribution in [2.24, 2.45) is 0 Å². The minimum absolute atomic E-state index is 0.263. The van der Waals surface area contributed by atoms with Crippen LogP contribution in [0.15, 0.2) is 97.3 Å². The summed E-state index contributed by atoms with van der Waals surface area (Å²) < 4.78 is 0. The summed E-state index contributed by atoms with van der Waals surface area (Å²) in [4.78, 5) is 37.3. The molecule has 2 atom stereocenters. The summed E-state index contributed by atoms with van der Waals surface area (Å²) in [6.07, 6.45) is 1.87. The molecule has 0 aliphatic heterocycles. The van der Waals surface area contributed by atoms with Crippen LogP contribution in [0.5, 0.6) is 0 Å². The second-order valence-electron chi connectivity index (χ2n) is 8.47. The lowest BCUT2D eigenvalue weighted by molar-refractivity contribution is -0.125. The zero-order valence-electron chi connectivity index (χ0n) is 19.6. The van der Waals surface area contributed by atoms with E-state index in [9.17, 15) is 14.7 Å². The minimum Gasteiger partial charge on any atom is -0.381 e. The van der Waals surface area contributed by atoms with Crippen LogP contribution in [-0.2, 0) is 4.79 Å². The molecule has 2 heterocycles. The third-order valence-electron chi connectivity index (χ3n) is 5.94. The molecule has 184 valence electrons. The van der Waals surface area contributed by atoms with Gasteiger partial charge in [-0.1, -0.05) is 48.5 Å². The van der Waals surface area contributed by atoms with E-state index in [4.69, 9.17) is 5.73 Å². The number of nitrogens with two attached hydrogens (primary N) is 1. The molecular formula is C28H24N6O3.